The van der Waals surface area contributed by atoms with E-state index in [1.165, 1.54) is 34.7 Å². The molecule has 170 valence electrons. The number of anilines is 2. The molecule has 0 aliphatic carbocycles. The molecule has 3 aromatic carbocycles. The number of thioether (sulfide) groups is 1. The Balaban J connectivity index is 1.28. The molecule has 0 saturated heterocycles. The van der Waals surface area contributed by atoms with E-state index >= 15 is 0 Å². The number of nitrogens with one attached hydrogen (secondary N) is 2. The molecular weight excluding hydrogens is 462 g/mol. The van der Waals surface area contributed by atoms with Crippen molar-refractivity contribution in [2.75, 3.05) is 16.4 Å². The molecule has 0 fully saturated rings. The Labute approximate surface area is 207 Å². The lowest BCUT2D eigenvalue weighted by atomic mass is 10.1. The Morgan fingerprint density at radius 1 is 0.971 bits per heavy atom. The van der Waals surface area contributed by atoms with Crippen LogP contribution in [0.15, 0.2) is 95.2 Å². The van der Waals surface area contributed by atoms with Crippen molar-refractivity contribution in [1.29, 1.82) is 0 Å². The second-order valence-corrected chi connectivity index (χ2v) is 9.41. The van der Waals surface area contributed by atoms with Crippen LogP contribution in [0.1, 0.15) is 11.1 Å². The molecule has 2 amide bonds. The van der Waals surface area contributed by atoms with Crippen molar-refractivity contribution in [2.24, 2.45) is 0 Å². The lowest BCUT2D eigenvalue weighted by Crippen LogP contribution is -2.13. The molecular formula is C27H23N3O2S2. The highest BCUT2D eigenvalue weighted by atomic mass is 32.2. The van der Waals surface area contributed by atoms with Crippen molar-refractivity contribution < 1.29 is 9.59 Å². The first-order valence-electron chi connectivity index (χ1n) is 10.6. The number of aryl methyl sites for hydroxylation is 1. The van der Waals surface area contributed by atoms with E-state index in [2.05, 4.69) is 15.6 Å². The Morgan fingerprint density at radius 2 is 1.76 bits per heavy atom. The molecule has 4 rings (SSSR count). The molecule has 0 atom stereocenters. The molecule has 5 nitrogen and oxygen atoms in total. The fourth-order valence-electron chi connectivity index (χ4n) is 3.08. The predicted molar refractivity (Wildman–Crippen MR) is 142 cm³/mol. The van der Waals surface area contributed by atoms with Crippen molar-refractivity contribution in [3.63, 3.8) is 0 Å². The summed E-state index contributed by atoms with van der Waals surface area (Å²) in [5.74, 6) is -0.1000. The first-order chi connectivity index (χ1) is 16.5. The summed E-state index contributed by atoms with van der Waals surface area (Å²) in [6.07, 6.45) is 3.27. The van der Waals surface area contributed by atoms with Crippen LogP contribution in [-0.2, 0) is 9.59 Å². The number of thiazole rings is 1. The minimum atomic E-state index is -0.211. The van der Waals surface area contributed by atoms with Crippen LogP contribution in [-0.4, -0.2) is 22.6 Å². The molecule has 0 radical (unpaired) electrons. The Hall–Kier alpha value is -3.68. The maximum atomic E-state index is 12.4. The number of benzene rings is 3. The molecule has 34 heavy (non-hydrogen) atoms. The van der Waals surface area contributed by atoms with Crippen LogP contribution in [0.3, 0.4) is 0 Å². The molecule has 0 aliphatic heterocycles. The number of rotatable bonds is 8. The number of amides is 2. The maximum absolute atomic E-state index is 12.4. The maximum Gasteiger partial charge on any atom is 0.248 e. The summed E-state index contributed by atoms with van der Waals surface area (Å²) in [6.45, 7) is 2.04. The summed E-state index contributed by atoms with van der Waals surface area (Å²) >= 11 is 2.80. The number of hydrogen-bond acceptors (Lipinski definition) is 5. The third kappa shape index (κ3) is 6.91. The summed E-state index contributed by atoms with van der Waals surface area (Å²) in [5.41, 5.74) is 4.69. The topological polar surface area (TPSA) is 71.1 Å². The van der Waals surface area contributed by atoms with Crippen LogP contribution < -0.4 is 10.6 Å². The second kappa shape index (κ2) is 11.4. The average molecular weight is 486 g/mol. The largest absolute Gasteiger partial charge is 0.322 e. The van der Waals surface area contributed by atoms with Crippen molar-refractivity contribution >= 4 is 51.8 Å². The summed E-state index contributed by atoms with van der Waals surface area (Å²) in [4.78, 5) is 30.0. The minimum Gasteiger partial charge on any atom is -0.322 e. The smallest absolute Gasteiger partial charge is 0.248 e. The minimum absolute atomic E-state index is 0.130. The van der Waals surface area contributed by atoms with Gasteiger partial charge in [0.15, 0.2) is 5.13 Å². The first kappa shape index (κ1) is 23.5. The molecule has 0 saturated carbocycles. The van der Waals surface area contributed by atoms with Gasteiger partial charge in [0, 0.05) is 27.6 Å². The van der Waals surface area contributed by atoms with Crippen molar-refractivity contribution in [3.8, 4) is 11.3 Å². The number of nitrogens with zero attached hydrogens (tertiary/aromatic N) is 1. The van der Waals surface area contributed by atoms with Crippen molar-refractivity contribution in [2.45, 2.75) is 11.8 Å². The van der Waals surface area contributed by atoms with E-state index in [0.717, 1.165) is 21.7 Å². The van der Waals surface area contributed by atoms with Gasteiger partial charge >= 0.3 is 0 Å². The van der Waals surface area contributed by atoms with Crippen molar-refractivity contribution in [3.05, 3.63) is 101 Å². The van der Waals surface area contributed by atoms with Crippen LogP contribution in [0.5, 0.6) is 0 Å². The average Bonchev–Trinajstić information content (AvgIpc) is 3.31. The van der Waals surface area contributed by atoms with Gasteiger partial charge in [-0.25, -0.2) is 4.98 Å². The van der Waals surface area contributed by atoms with Gasteiger partial charge in [-0.2, -0.15) is 0 Å². The van der Waals surface area contributed by atoms with Crippen molar-refractivity contribution in [1.82, 2.24) is 4.98 Å². The van der Waals surface area contributed by atoms with E-state index in [1.807, 2.05) is 91.2 Å². The highest BCUT2D eigenvalue weighted by molar-refractivity contribution is 8.00. The van der Waals surface area contributed by atoms with Gasteiger partial charge in [0.25, 0.3) is 0 Å². The van der Waals surface area contributed by atoms with Gasteiger partial charge < -0.3 is 10.6 Å². The lowest BCUT2D eigenvalue weighted by molar-refractivity contribution is -0.114. The lowest BCUT2D eigenvalue weighted by Gasteiger charge is -2.06. The normalized spacial score (nSPS) is 10.9. The highest BCUT2D eigenvalue weighted by Gasteiger charge is 2.09. The zero-order valence-electron chi connectivity index (χ0n) is 18.5. The number of carbonyl (C=O) groups excluding carboxylic acids is 2. The van der Waals surface area contributed by atoms with Gasteiger partial charge in [0.05, 0.1) is 11.4 Å². The molecule has 1 aromatic heterocycles. The standard InChI is InChI=1S/C27H23N3O2S2/c1-19-10-13-21(14-11-19)24-17-34-27(29-24)30-26(32)18-33-23-9-5-8-22(16-23)28-25(31)15-12-20-6-3-2-4-7-20/h2-17H,18H2,1H3,(H,28,31)(H,29,30,32)/b15-12+. The van der Waals surface area contributed by atoms with E-state index in [4.69, 9.17) is 0 Å². The molecule has 7 heteroatoms. The van der Waals surface area contributed by atoms with Gasteiger partial charge in [0.2, 0.25) is 11.8 Å². The summed E-state index contributed by atoms with van der Waals surface area (Å²) in [6, 6.07) is 25.2. The highest BCUT2D eigenvalue weighted by Crippen LogP contribution is 2.26. The SMILES string of the molecule is Cc1ccc(-c2csc(NC(=O)CSc3cccc(NC(=O)/C=C/c4ccccc4)c3)n2)cc1. The van der Waals surface area contributed by atoms with Gasteiger partial charge in [-0.15, -0.1) is 23.1 Å². The zero-order valence-corrected chi connectivity index (χ0v) is 20.2. The third-order valence-electron chi connectivity index (χ3n) is 4.80. The van der Waals surface area contributed by atoms with Gasteiger partial charge in [-0.3, -0.25) is 9.59 Å². The summed E-state index contributed by atoms with van der Waals surface area (Å²) in [5, 5.41) is 8.23. The van der Waals surface area contributed by atoms with Gasteiger partial charge in [-0.05, 0) is 36.8 Å². The predicted octanol–water partition coefficient (Wildman–Crippen LogP) is 6.50. The quantitative estimate of drug-likeness (QED) is 0.221. The molecule has 4 aromatic rings. The zero-order chi connectivity index (χ0) is 23.8. The molecule has 0 unspecified atom stereocenters. The van der Waals surface area contributed by atoms with Crippen LogP contribution in [0.25, 0.3) is 17.3 Å². The van der Waals surface area contributed by atoms with E-state index in [-0.39, 0.29) is 17.6 Å². The van der Waals surface area contributed by atoms with Crippen LogP contribution in [0.4, 0.5) is 10.8 Å². The van der Waals surface area contributed by atoms with E-state index in [1.54, 1.807) is 6.08 Å². The first-order valence-corrected chi connectivity index (χ1v) is 12.5. The molecule has 1 heterocycles. The van der Waals surface area contributed by atoms with E-state index < -0.39 is 0 Å². The Morgan fingerprint density at radius 3 is 2.56 bits per heavy atom. The second-order valence-electron chi connectivity index (χ2n) is 7.50. The number of hydrogen-bond donors (Lipinski definition) is 2. The molecule has 2 N–H and O–H groups in total. The Bertz CT molecular complexity index is 1300. The van der Waals surface area contributed by atoms with Crippen LogP contribution in [0.2, 0.25) is 0 Å². The van der Waals surface area contributed by atoms with Gasteiger partial charge in [-0.1, -0.05) is 66.2 Å². The molecule has 0 bridgehead atoms. The molecule has 0 aliphatic rings. The fraction of sp³-hybridized carbons (Fsp3) is 0.0741. The monoisotopic (exact) mass is 485 g/mol. The molecule has 0 spiro atoms. The fourth-order valence-corrected chi connectivity index (χ4v) is 4.57. The Kier molecular flexibility index (Phi) is 7.91. The third-order valence-corrected chi connectivity index (χ3v) is 6.55. The van der Waals surface area contributed by atoms with E-state index in [0.29, 0.717) is 10.8 Å². The number of carbonyl (C=O) groups is 2. The summed E-state index contributed by atoms with van der Waals surface area (Å²) < 4.78 is 0. The van der Waals surface area contributed by atoms with Crippen LogP contribution >= 0.6 is 23.1 Å². The van der Waals surface area contributed by atoms with Gasteiger partial charge in [0.1, 0.15) is 0 Å². The number of aromatic nitrogens is 1. The van der Waals surface area contributed by atoms with E-state index in [9.17, 15) is 9.59 Å². The van der Waals surface area contributed by atoms with Crippen LogP contribution in [0, 0.1) is 6.92 Å². The summed E-state index contributed by atoms with van der Waals surface area (Å²) in [7, 11) is 0.